The molecule has 2 N–H and O–H groups in total. The monoisotopic (exact) mass is 292 g/mol. The number of nitrogens with zero attached hydrogens (tertiary/aromatic N) is 3. The lowest BCUT2D eigenvalue weighted by Gasteiger charge is -1.96. The van der Waals surface area contributed by atoms with E-state index in [0.717, 1.165) is 21.3 Å². The lowest BCUT2D eigenvalue weighted by molar-refractivity contribution is 1.38. The standard InChI is InChI=1S/C16H12N4S/c1-9-6-7-12-13(8-9)21-16(18-12)20-15-11-5-3-2-4-10(11)14(17)19-15/h2-8H,1H3,(H2,17,18,19,20). The third-order valence-corrected chi connectivity index (χ3v) is 4.32. The van der Waals surface area contributed by atoms with Crippen molar-refractivity contribution in [2.45, 2.75) is 6.92 Å². The van der Waals surface area contributed by atoms with Crippen LogP contribution < -0.4 is 5.73 Å². The largest absolute Gasteiger partial charge is 0.383 e. The first-order chi connectivity index (χ1) is 10.2. The van der Waals surface area contributed by atoms with Gasteiger partial charge >= 0.3 is 0 Å². The van der Waals surface area contributed by atoms with Crippen molar-refractivity contribution in [1.29, 1.82) is 0 Å². The maximum absolute atomic E-state index is 5.94. The topological polar surface area (TPSA) is 63.6 Å². The lowest BCUT2D eigenvalue weighted by atomic mass is 10.1. The second kappa shape index (κ2) is 4.49. The second-order valence-corrected chi connectivity index (χ2v) is 5.95. The number of rotatable bonds is 1. The summed E-state index contributed by atoms with van der Waals surface area (Å²) in [5.41, 5.74) is 10.0. The summed E-state index contributed by atoms with van der Waals surface area (Å²) in [6.45, 7) is 2.07. The van der Waals surface area contributed by atoms with E-state index in [1.54, 1.807) is 11.3 Å². The van der Waals surface area contributed by atoms with Gasteiger partial charge in [-0.15, -0.1) is 0 Å². The lowest BCUT2D eigenvalue weighted by Crippen LogP contribution is -2.09. The number of fused-ring (bicyclic) bond motifs is 2. The average Bonchev–Trinajstić information content (AvgIpc) is 3.01. The van der Waals surface area contributed by atoms with Crippen molar-refractivity contribution < 1.29 is 0 Å². The Morgan fingerprint density at radius 3 is 2.76 bits per heavy atom. The van der Waals surface area contributed by atoms with Crippen LogP contribution in [0.2, 0.25) is 0 Å². The first kappa shape index (κ1) is 12.2. The predicted octanol–water partition coefficient (Wildman–Crippen LogP) is 3.40. The van der Waals surface area contributed by atoms with Crippen LogP contribution in [0.3, 0.4) is 0 Å². The molecule has 0 aliphatic carbocycles. The van der Waals surface area contributed by atoms with Crippen molar-refractivity contribution in [3.05, 3.63) is 59.2 Å². The summed E-state index contributed by atoms with van der Waals surface area (Å²) in [7, 11) is 0. The van der Waals surface area contributed by atoms with E-state index in [0.29, 0.717) is 16.8 Å². The Labute approximate surface area is 125 Å². The maximum atomic E-state index is 5.94. The number of nitrogens with two attached hydrogens (primary N) is 1. The number of aryl methyl sites for hydroxylation is 1. The van der Waals surface area contributed by atoms with Gasteiger partial charge in [0, 0.05) is 11.1 Å². The molecule has 0 amide bonds. The normalized spacial score (nSPS) is 15.5. The van der Waals surface area contributed by atoms with Crippen LogP contribution in [0.4, 0.5) is 5.13 Å². The van der Waals surface area contributed by atoms with Gasteiger partial charge in [-0.2, -0.15) is 4.99 Å². The molecule has 0 atom stereocenters. The molecule has 0 bridgehead atoms. The summed E-state index contributed by atoms with van der Waals surface area (Å²) in [4.78, 5) is 13.5. The summed E-state index contributed by atoms with van der Waals surface area (Å²) in [5, 5.41) is 0.707. The molecule has 4 nitrogen and oxygen atoms in total. The highest BCUT2D eigenvalue weighted by molar-refractivity contribution is 7.22. The molecule has 4 rings (SSSR count). The van der Waals surface area contributed by atoms with E-state index in [1.165, 1.54) is 5.56 Å². The maximum Gasteiger partial charge on any atom is 0.212 e. The fourth-order valence-electron chi connectivity index (χ4n) is 2.38. The van der Waals surface area contributed by atoms with Crippen LogP contribution in [0.15, 0.2) is 52.4 Å². The SMILES string of the molecule is Cc1ccc2nc(N=C3N=C(N)c4ccccc43)sc2c1. The molecule has 0 spiro atoms. The summed E-state index contributed by atoms with van der Waals surface area (Å²) in [6.07, 6.45) is 0. The number of benzene rings is 2. The molecule has 2 heterocycles. The van der Waals surface area contributed by atoms with Crippen molar-refractivity contribution in [3.63, 3.8) is 0 Å². The molecule has 0 saturated heterocycles. The van der Waals surface area contributed by atoms with Gasteiger partial charge in [0.05, 0.1) is 10.2 Å². The van der Waals surface area contributed by atoms with E-state index < -0.39 is 0 Å². The predicted molar refractivity (Wildman–Crippen MR) is 87.7 cm³/mol. The number of hydrogen-bond acceptors (Lipinski definition) is 4. The van der Waals surface area contributed by atoms with Crippen molar-refractivity contribution in [2.24, 2.45) is 15.7 Å². The van der Waals surface area contributed by atoms with Gasteiger partial charge in [-0.25, -0.2) is 9.98 Å². The number of hydrogen-bond donors (Lipinski definition) is 1. The van der Waals surface area contributed by atoms with Gasteiger partial charge < -0.3 is 5.73 Å². The average molecular weight is 292 g/mol. The molecule has 0 radical (unpaired) electrons. The third-order valence-electron chi connectivity index (χ3n) is 3.40. The zero-order chi connectivity index (χ0) is 14.4. The molecular weight excluding hydrogens is 280 g/mol. The van der Waals surface area contributed by atoms with Crippen LogP contribution in [0.25, 0.3) is 10.2 Å². The smallest absolute Gasteiger partial charge is 0.212 e. The van der Waals surface area contributed by atoms with Crippen LogP contribution in [-0.2, 0) is 0 Å². The number of aromatic nitrogens is 1. The van der Waals surface area contributed by atoms with Gasteiger partial charge in [-0.3, -0.25) is 0 Å². The van der Waals surface area contributed by atoms with Crippen molar-refractivity contribution in [2.75, 3.05) is 0 Å². The van der Waals surface area contributed by atoms with Gasteiger partial charge in [-0.1, -0.05) is 41.7 Å². The van der Waals surface area contributed by atoms with Crippen molar-refractivity contribution in [1.82, 2.24) is 4.98 Å². The fraction of sp³-hybridized carbons (Fsp3) is 0.0625. The second-order valence-electron chi connectivity index (χ2n) is 4.95. The molecule has 1 aliphatic heterocycles. The molecule has 0 unspecified atom stereocenters. The van der Waals surface area contributed by atoms with Gasteiger partial charge in [0.15, 0.2) is 5.84 Å². The van der Waals surface area contributed by atoms with Gasteiger partial charge in [0.25, 0.3) is 0 Å². The van der Waals surface area contributed by atoms with Crippen LogP contribution >= 0.6 is 11.3 Å². The molecule has 1 aromatic heterocycles. The Morgan fingerprint density at radius 1 is 1.10 bits per heavy atom. The minimum Gasteiger partial charge on any atom is -0.383 e. The highest BCUT2D eigenvalue weighted by Crippen LogP contribution is 2.30. The number of amidine groups is 2. The van der Waals surface area contributed by atoms with Crippen molar-refractivity contribution >= 4 is 38.4 Å². The zero-order valence-corrected chi connectivity index (χ0v) is 12.2. The molecule has 5 heteroatoms. The van der Waals surface area contributed by atoms with E-state index in [-0.39, 0.29) is 0 Å². The third kappa shape index (κ3) is 2.02. The molecule has 102 valence electrons. The zero-order valence-electron chi connectivity index (χ0n) is 11.4. The van der Waals surface area contributed by atoms with Gasteiger partial charge in [-0.05, 0) is 24.6 Å². The van der Waals surface area contributed by atoms with E-state index >= 15 is 0 Å². The Balaban J connectivity index is 1.84. The molecular formula is C16H12N4S. The minimum atomic E-state index is 0.515. The first-order valence-electron chi connectivity index (χ1n) is 6.60. The van der Waals surface area contributed by atoms with Gasteiger partial charge in [0.2, 0.25) is 5.13 Å². The van der Waals surface area contributed by atoms with E-state index in [4.69, 9.17) is 5.73 Å². The highest BCUT2D eigenvalue weighted by atomic mass is 32.1. The fourth-order valence-corrected chi connectivity index (χ4v) is 3.32. The number of thiazole rings is 1. The highest BCUT2D eigenvalue weighted by Gasteiger charge is 2.19. The summed E-state index contributed by atoms with van der Waals surface area (Å²) in [5.74, 6) is 1.15. The van der Waals surface area contributed by atoms with Crippen LogP contribution in [0.1, 0.15) is 16.7 Å². The first-order valence-corrected chi connectivity index (χ1v) is 7.42. The number of aliphatic imine (C=N–C) groups is 2. The van der Waals surface area contributed by atoms with E-state index in [2.05, 4.69) is 34.0 Å². The molecule has 0 fully saturated rings. The Kier molecular flexibility index (Phi) is 2.62. The van der Waals surface area contributed by atoms with Crippen LogP contribution in [0, 0.1) is 6.92 Å². The molecule has 0 saturated carbocycles. The summed E-state index contributed by atoms with van der Waals surface area (Å²) >= 11 is 1.57. The van der Waals surface area contributed by atoms with Crippen LogP contribution in [-0.4, -0.2) is 16.7 Å². The van der Waals surface area contributed by atoms with Crippen LogP contribution in [0.5, 0.6) is 0 Å². The Bertz CT molecular complexity index is 921. The van der Waals surface area contributed by atoms with Crippen molar-refractivity contribution in [3.8, 4) is 0 Å². The Hall–Kier alpha value is -2.53. The minimum absolute atomic E-state index is 0.515. The summed E-state index contributed by atoms with van der Waals surface area (Å²) in [6, 6.07) is 14.0. The Morgan fingerprint density at radius 2 is 1.90 bits per heavy atom. The summed E-state index contributed by atoms with van der Waals surface area (Å²) < 4.78 is 1.14. The molecule has 21 heavy (non-hydrogen) atoms. The quantitative estimate of drug-likeness (QED) is 0.747. The molecule has 2 aromatic carbocycles. The van der Waals surface area contributed by atoms with E-state index in [9.17, 15) is 0 Å². The van der Waals surface area contributed by atoms with Gasteiger partial charge in [0.1, 0.15) is 5.84 Å². The molecule has 1 aliphatic rings. The molecule has 3 aromatic rings. The van der Waals surface area contributed by atoms with E-state index in [1.807, 2.05) is 30.3 Å².